The van der Waals surface area contributed by atoms with Crippen molar-refractivity contribution >= 4 is 21.9 Å². The molecule has 1 unspecified atom stereocenters. The van der Waals surface area contributed by atoms with E-state index in [4.69, 9.17) is 23.0 Å². The van der Waals surface area contributed by atoms with Gasteiger partial charge in [0.05, 0.1) is 42.0 Å². The molecule has 1 aliphatic heterocycles. The SMILES string of the molecule is COc1cc2c(cc1OC)C(c1c(O)c3ccccc3oc1=O)c1c(c3ccccc3oc1=O)O2. The normalized spacial score (nSPS) is 14.3. The molecule has 0 spiro atoms. The molecule has 3 aromatic carbocycles. The van der Waals surface area contributed by atoms with Crippen LogP contribution in [-0.2, 0) is 0 Å². The standard InChI is InChI=1S/C27H18O8/c1-31-19-11-15-18(12-20(19)32-2)33-25-14-8-4-6-10-17(14)35-27(30)23(25)21(15)22-24(28)13-7-3-5-9-16(13)34-26(22)29/h3-12,21,28H,1-2H3. The molecule has 5 aromatic rings. The van der Waals surface area contributed by atoms with Gasteiger partial charge in [0.1, 0.15) is 28.4 Å². The highest BCUT2D eigenvalue weighted by atomic mass is 16.5. The fraction of sp³-hybridized carbons (Fsp3) is 0.111. The number of ether oxygens (including phenoxy) is 3. The molecule has 1 atom stereocenters. The van der Waals surface area contributed by atoms with Crippen LogP contribution in [0.2, 0.25) is 0 Å². The number of fused-ring (bicyclic) bond motifs is 5. The van der Waals surface area contributed by atoms with E-state index >= 15 is 0 Å². The first-order chi connectivity index (χ1) is 17.0. The molecule has 0 fully saturated rings. The molecule has 174 valence electrons. The van der Waals surface area contributed by atoms with Gasteiger partial charge in [-0.2, -0.15) is 0 Å². The van der Waals surface area contributed by atoms with Gasteiger partial charge in [0, 0.05) is 11.6 Å². The minimum absolute atomic E-state index is 0.0706. The van der Waals surface area contributed by atoms with Gasteiger partial charge in [-0.1, -0.05) is 24.3 Å². The average Bonchev–Trinajstić information content (AvgIpc) is 2.87. The summed E-state index contributed by atoms with van der Waals surface area (Å²) < 4.78 is 28.2. The third kappa shape index (κ3) is 3.00. The Morgan fingerprint density at radius 3 is 2.03 bits per heavy atom. The molecule has 1 N–H and O–H groups in total. The molecule has 2 aromatic heterocycles. The zero-order valence-corrected chi connectivity index (χ0v) is 18.7. The monoisotopic (exact) mass is 470 g/mol. The van der Waals surface area contributed by atoms with E-state index in [1.165, 1.54) is 14.2 Å². The van der Waals surface area contributed by atoms with Crippen LogP contribution in [0.4, 0.5) is 0 Å². The van der Waals surface area contributed by atoms with Crippen LogP contribution in [-0.4, -0.2) is 19.3 Å². The molecular weight excluding hydrogens is 452 g/mol. The summed E-state index contributed by atoms with van der Waals surface area (Å²) in [6.45, 7) is 0. The molecule has 0 amide bonds. The summed E-state index contributed by atoms with van der Waals surface area (Å²) >= 11 is 0. The molecule has 6 rings (SSSR count). The molecule has 0 bridgehead atoms. The van der Waals surface area contributed by atoms with Crippen molar-refractivity contribution in [2.24, 2.45) is 0 Å². The van der Waals surface area contributed by atoms with Crippen LogP contribution in [0.25, 0.3) is 21.9 Å². The van der Waals surface area contributed by atoms with Crippen molar-refractivity contribution in [3.05, 3.63) is 98.2 Å². The van der Waals surface area contributed by atoms with Crippen molar-refractivity contribution in [3.63, 3.8) is 0 Å². The van der Waals surface area contributed by atoms with Gasteiger partial charge in [0.2, 0.25) is 0 Å². The highest BCUT2D eigenvalue weighted by Gasteiger charge is 2.39. The zero-order chi connectivity index (χ0) is 24.3. The van der Waals surface area contributed by atoms with E-state index in [2.05, 4.69) is 0 Å². The Kier molecular flexibility index (Phi) is 4.57. The Labute approximate surface area is 197 Å². The average molecular weight is 470 g/mol. The van der Waals surface area contributed by atoms with E-state index in [0.717, 1.165) is 0 Å². The second-order valence-electron chi connectivity index (χ2n) is 8.06. The minimum Gasteiger partial charge on any atom is -0.507 e. The van der Waals surface area contributed by atoms with Crippen LogP contribution in [0.1, 0.15) is 22.6 Å². The van der Waals surface area contributed by atoms with Crippen molar-refractivity contribution in [1.82, 2.24) is 0 Å². The van der Waals surface area contributed by atoms with Crippen molar-refractivity contribution < 1.29 is 28.2 Å². The van der Waals surface area contributed by atoms with Crippen LogP contribution in [0.3, 0.4) is 0 Å². The van der Waals surface area contributed by atoms with Gasteiger partial charge in [-0.3, -0.25) is 0 Å². The van der Waals surface area contributed by atoms with Gasteiger partial charge in [-0.15, -0.1) is 0 Å². The Hall–Kier alpha value is -4.72. The summed E-state index contributed by atoms with van der Waals surface area (Å²) in [5.74, 6) is -0.0247. The largest absolute Gasteiger partial charge is 0.507 e. The lowest BCUT2D eigenvalue weighted by atomic mass is 9.82. The number of methoxy groups -OCH3 is 2. The molecule has 3 heterocycles. The number of hydrogen-bond donors (Lipinski definition) is 1. The third-order valence-electron chi connectivity index (χ3n) is 6.24. The summed E-state index contributed by atoms with van der Waals surface area (Å²) in [6.07, 6.45) is 0. The predicted molar refractivity (Wildman–Crippen MR) is 127 cm³/mol. The van der Waals surface area contributed by atoms with Gasteiger partial charge in [-0.05, 0) is 30.3 Å². The zero-order valence-electron chi connectivity index (χ0n) is 18.7. The van der Waals surface area contributed by atoms with E-state index in [1.54, 1.807) is 60.7 Å². The van der Waals surface area contributed by atoms with E-state index in [-0.39, 0.29) is 28.2 Å². The maximum atomic E-state index is 13.3. The van der Waals surface area contributed by atoms with E-state index in [1.807, 2.05) is 0 Å². The summed E-state index contributed by atoms with van der Waals surface area (Å²) in [5, 5.41) is 12.2. The van der Waals surface area contributed by atoms with Gasteiger partial charge >= 0.3 is 11.3 Å². The van der Waals surface area contributed by atoms with E-state index in [0.29, 0.717) is 39.2 Å². The summed E-state index contributed by atoms with van der Waals surface area (Å²) in [4.78, 5) is 26.6. The number of rotatable bonds is 3. The van der Waals surface area contributed by atoms with E-state index in [9.17, 15) is 14.7 Å². The number of benzene rings is 3. The van der Waals surface area contributed by atoms with Crippen molar-refractivity contribution in [1.29, 1.82) is 0 Å². The van der Waals surface area contributed by atoms with E-state index < -0.39 is 17.2 Å². The molecule has 0 radical (unpaired) electrons. The summed E-state index contributed by atoms with van der Waals surface area (Å²) in [5.41, 5.74) is -0.553. The van der Waals surface area contributed by atoms with Gasteiger partial charge in [0.25, 0.3) is 0 Å². The highest BCUT2D eigenvalue weighted by molar-refractivity contribution is 5.88. The Morgan fingerprint density at radius 1 is 0.771 bits per heavy atom. The molecule has 1 aliphatic rings. The maximum Gasteiger partial charge on any atom is 0.344 e. The van der Waals surface area contributed by atoms with Gasteiger partial charge < -0.3 is 28.2 Å². The van der Waals surface area contributed by atoms with Crippen molar-refractivity contribution in [3.8, 4) is 28.7 Å². The quantitative estimate of drug-likeness (QED) is 0.364. The van der Waals surface area contributed by atoms with Crippen LogP contribution < -0.4 is 25.5 Å². The first kappa shape index (κ1) is 20.9. The first-order valence-corrected chi connectivity index (χ1v) is 10.8. The number of aromatic hydroxyl groups is 1. The third-order valence-corrected chi connectivity index (χ3v) is 6.24. The second kappa shape index (κ2) is 7.66. The summed E-state index contributed by atoms with van der Waals surface area (Å²) in [6, 6.07) is 16.8. The number of hydrogen-bond acceptors (Lipinski definition) is 8. The smallest absolute Gasteiger partial charge is 0.344 e. The topological polar surface area (TPSA) is 108 Å². The fourth-order valence-electron chi connectivity index (χ4n) is 4.65. The molecule has 35 heavy (non-hydrogen) atoms. The molecule has 0 saturated heterocycles. The van der Waals surface area contributed by atoms with Crippen molar-refractivity contribution in [2.75, 3.05) is 14.2 Å². The summed E-state index contributed by atoms with van der Waals surface area (Å²) in [7, 11) is 2.97. The van der Waals surface area contributed by atoms with Gasteiger partial charge in [0.15, 0.2) is 11.5 Å². The fourth-order valence-corrected chi connectivity index (χ4v) is 4.65. The van der Waals surface area contributed by atoms with Gasteiger partial charge in [-0.25, -0.2) is 9.59 Å². The predicted octanol–water partition coefficient (Wildman–Crippen LogP) is 4.91. The Balaban J connectivity index is 1.77. The Bertz CT molecular complexity index is 1740. The Morgan fingerprint density at radius 2 is 1.34 bits per heavy atom. The molecule has 8 heteroatoms. The van der Waals surface area contributed by atoms with Crippen LogP contribution in [0.15, 0.2) is 79.1 Å². The molecule has 0 saturated carbocycles. The molecule has 8 nitrogen and oxygen atoms in total. The highest BCUT2D eigenvalue weighted by Crippen LogP contribution is 2.52. The lowest BCUT2D eigenvalue weighted by Crippen LogP contribution is -2.25. The lowest BCUT2D eigenvalue weighted by molar-refractivity contribution is 0.349. The van der Waals surface area contributed by atoms with Crippen LogP contribution in [0.5, 0.6) is 28.7 Å². The first-order valence-electron chi connectivity index (χ1n) is 10.8. The lowest BCUT2D eigenvalue weighted by Gasteiger charge is -2.28. The van der Waals surface area contributed by atoms with Crippen molar-refractivity contribution in [2.45, 2.75) is 5.92 Å². The number of para-hydroxylation sites is 2. The van der Waals surface area contributed by atoms with Crippen LogP contribution in [0, 0.1) is 0 Å². The maximum absolute atomic E-state index is 13.3. The molecular formula is C27H18O8. The van der Waals surface area contributed by atoms with Crippen LogP contribution >= 0.6 is 0 Å². The second-order valence-corrected chi connectivity index (χ2v) is 8.06. The minimum atomic E-state index is -1.06. The molecule has 0 aliphatic carbocycles.